The first-order chi connectivity index (χ1) is 9.20. The van der Waals surface area contributed by atoms with E-state index in [1.165, 1.54) is 6.07 Å². The van der Waals surface area contributed by atoms with Gasteiger partial charge in [-0.05, 0) is 17.7 Å². The molecule has 1 aliphatic rings. The van der Waals surface area contributed by atoms with Crippen molar-refractivity contribution in [1.82, 2.24) is 4.90 Å². The highest BCUT2D eigenvalue weighted by molar-refractivity contribution is 5.78. The fraction of sp³-hybridized carbons (Fsp3) is 0.357. The molecule has 0 spiro atoms. The average molecular weight is 262 g/mol. The largest absolute Gasteiger partial charge is 0.370 e. The van der Waals surface area contributed by atoms with E-state index in [0.717, 1.165) is 5.56 Å². The summed E-state index contributed by atoms with van der Waals surface area (Å²) in [6.45, 7) is 1.83. The minimum Gasteiger partial charge on any atom is -0.370 e. The predicted octanol–water partition coefficient (Wildman–Crippen LogP) is 0.495. The second kappa shape index (κ2) is 6.32. The summed E-state index contributed by atoms with van der Waals surface area (Å²) < 4.78 is 18.6. The van der Waals surface area contributed by atoms with Gasteiger partial charge in [-0.3, -0.25) is 4.79 Å². The van der Waals surface area contributed by atoms with Crippen LogP contribution in [0.5, 0.6) is 0 Å². The van der Waals surface area contributed by atoms with Gasteiger partial charge >= 0.3 is 0 Å². The Hall–Kier alpha value is -1.90. The van der Waals surface area contributed by atoms with Gasteiger partial charge in [-0.1, -0.05) is 17.9 Å². The molecule has 2 N–H and O–H groups in total. The van der Waals surface area contributed by atoms with Gasteiger partial charge < -0.3 is 15.4 Å². The van der Waals surface area contributed by atoms with Crippen molar-refractivity contribution in [3.8, 4) is 11.8 Å². The van der Waals surface area contributed by atoms with Crippen molar-refractivity contribution < 1.29 is 13.9 Å². The SMILES string of the molecule is NCC#Cc1cc(CN2CCOCC2=O)ccc1F. The van der Waals surface area contributed by atoms with Crippen LogP contribution in [-0.2, 0) is 16.1 Å². The fourth-order valence-corrected chi connectivity index (χ4v) is 1.85. The smallest absolute Gasteiger partial charge is 0.248 e. The van der Waals surface area contributed by atoms with Crippen LogP contribution in [0.1, 0.15) is 11.1 Å². The van der Waals surface area contributed by atoms with Gasteiger partial charge in [0.1, 0.15) is 12.4 Å². The molecule has 0 radical (unpaired) electrons. The lowest BCUT2D eigenvalue weighted by Gasteiger charge is -2.26. The Bertz CT molecular complexity index is 534. The maximum Gasteiger partial charge on any atom is 0.248 e. The van der Waals surface area contributed by atoms with E-state index in [2.05, 4.69) is 11.8 Å². The zero-order valence-corrected chi connectivity index (χ0v) is 10.5. The van der Waals surface area contributed by atoms with Crippen molar-refractivity contribution in [2.75, 3.05) is 26.3 Å². The van der Waals surface area contributed by atoms with Crippen LogP contribution in [0.4, 0.5) is 4.39 Å². The molecule has 1 aliphatic heterocycles. The summed E-state index contributed by atoms with van der Waals surface area (Å²) in [5.41, 5.74) is 6.42. The van der Waals surface area contributed by atoms with Crippen LogP contribution in [0.3, 0.4) is 0 Å². The zero-order chi connectivity index (χ0) is 13.7. The third-order valence-electron chi connectivity index (χ3n) is 2.81. The number of morpholine rings is 1. The van der Waals surface area contributed by atoms with Gasteiger partial charge in [0.15, 0.2) is 0 Å². The molecule has 0 saturated carbocycles. The number of carbonyl (C=O) groups is 1. The highest BCUT2D eigenvalue weighted by Crippen LogP contribution is 2.13. The monoisotopic (exact) mass is 262 g/mol. The van der Waals surface area contributed by atoms with E-state index in [9.17, 15) is 9.18 Å². The van der Waals surface area contributed by atoms with Crippen LogP contribution in [0, 0.1) is 17.7 Å². The van der Waals surface area contributed by atoms with E-state index in [0.29, 0.717) is 25.3 Å². The van der Waals surface area contributed by atoms with Gasteiger partial charge in [0.25, 0.3) is 0 Å². The van der Waals surface area contributed by atoms with Crippen molar-refractivity contribution >= 4 is 5.91 Å². The Labute approximate surface area is 111 Å². The van der Waals surface area contributed by atoms with Gasteiger partial charge in [-0.25, -0.2) is 4.39 Å². The number of halogens is 1. The van der Waals surface area contributed by atoms with Crippen molar-refractivity contribution in [3.05, 3.63) is 35.1 Å². The van der Waals surface area contributed by atoms with E-state index in [1.807, 2.05) is 0 Å². The van der Waals surface area contributed by atoms with Gasteiger partial charge in [0.2, 0.25) is 5.91 Å². The maximum atomic E-state index is 13.5. The molecular formula is C14H15FN2O2. The summed E-state index contributed by atoms with van der Waals surface area (Å²) in [5, 5.41) is 0. The van der Waals surface area contributed by atoms with Crippen LogP contribution in [-0.4, -0.2) is 37.1 Å². The van der Waals surface area contributed by atoms with Crippen LogP contribution < -0.4 is 5.73 Å². The summed E-state index contributed by atoms with van der Waals surface area (Å²) in [5.74, 6) is 4.88. The van der Waals surface area contributed by atoms with E-state index in [-0.39, 0.29) is 24.9 Å². The van der Waals surface area contributed by atoms with Gasteiger partial charge in [-0.2, -0.15) is 0 Å². The molecule has 0 atom stereocenters. The summed E-state index contributed by atoms with van der Waals surface area (Å²) in [6, 6.07) is 4.67. The number of nitrogens with zero attached hydrogens (tertiary/aromatic N) is 1. The zero-order valence-electron chi connectivity index (χ0n) is 10.5. The molecule has 1 aromatic carbocycles. The Balaban J connectivity index is 2.14. The number of amides is 1. The first-order valence-electron chi connectivity index (χ1n) is 6.03. The number of hydrogen-bond donors (Lipinski definition) is 1. The van der Waals surface area contributed by atoms with Crippen molar-refractivity contribution in [2.45, 2.75) is 6.54 Å². The van der Waals surface area contributed by atoms with Gasteiger partial charge in [-0.15, -0.1) is 0 Å². The van der Waals surface area contributed by atoms with E-state index < -0.39 is 0 Å². The first kappa shape index (κ1) is 13.5. The van der Waals surface area contributed by atoms with Crippen LogP contribution in [0.15, 0.2) is 18.2 Å². The molecule has 1 aromatic rings. The predicted molar refractivity (Wildman–Crippen MR) is 68.6 cm³/mol. The highest BCUT2D eigenvalue weighted by atomic mass is 19.1. The molecule has 0 unspecified atom stereocenters. The molecule has 0 aliphatic carbocycles. The molecule has 0 bridgehead atoms. The minimum absolute atomic E-state index is 0.0508. The van der Waals surface area contributed by atoms with Crippen LogP contribution in [0.2, 0.25) is 0 Å². The number of nitrogens with two attached hydrogens (primary N) is 1. The van der Waals surface area contributed by atoms with Crippen LogP contribution >= 0.6 is 0 Å². The fourth-order valence-electron chi connectivity index (χ4n) is 1.85. The molecule has 1 heterocycles. The molecule has 2 rings (SSSR count). The van der Waals surface area contributed by atoms with Crippen molar-refractivity contribution in [1.29, 1.82) is 0 Å². The highest BCUT2D eigenvalue weighted by Gasteiger charge is 2.18. The number of rotatable bonds is 2. The topological polar surface area (TPSA) is 55.6 Å². The molecule has 4 nitrogen and oxygen atoms in total. The third kappa shape index (κ3) is 3.53. The lowest BCUT2D eigenvalue weighted by Crippen LogP contribution is -2.40. The molecule has 1 fully saturated rings. The lowest BCUT2D eigenvalue weighted by molar-refractivity contribution is -0.143. The molecule has 19 heavy (non-hydrogen) atoms. The summed E-state index contributed by atoms with van der Waals surface area (Å²) >= 11 is 0. The minimum atomic E-state index is -0.377. The molecular weight excluding hydrogens is 247 g/mol. The Morgan fingerprint density at radius 3 is 3.05 bits per heavy atom. The first-order valence-corrected chi connectivity index (χ1v) is 6.03. The normalized spacial score (nSPS) is 15.1. The van der Waals surface area contributed by atoms with Crippen molar-refractivity contribution in [3.63, 3.8) is 0 Å². The second-order valence-electron chi connectivity index (χ2n) is 4.19. The Kier molecular flexibility index (Phi) is 4.50. The van der Waals surface area contributed by atoms with E-state index in [4.69, 9.17) is 10.5 Å². The number of carbonyl (C=O) groups excluding carboxylic acids is 1. The summed E-state index contributed by atoms with van der Waals surface area (Å²) in [6.07, 6.45) is 0. The van der Waals surface area contributed by atoms with Gasteiger partial charge in [0.05, 0.1) is 18.7 Å². The summed E-state index contributed by atoms with van der Waals surface area (Å²) in [7, 11) is 0. The second-order valence-corrected chi connectivity index (χ2v) is 4.19. The lowest BCUT2D eigenvalue weighted by atomic mass is 10.1. The van der Waals surface area contributed by atoms with Gasteiger partial charge in [0, 0.05) is 13.1 Å². The number of hydrogen-bond acceptors (Lipinski definition) is 3. The quantitative estimate of drug-likeness (QED) is 0.789. The molecule has 1 amide bonds. The average Bonchev–Trinajstić information content (AvgIpc) is 2.42. The molecule has 0 aromatic heterocycles. The third-order valence-corrected chi connectivity index (χ3v) is 2.81. The number of ether oxygens (including phenoxy) is 1. The molecule has 5 heteroatoms. The van der Waals surface area contributed by atoms with Crippen LogP contribution in [0.25, 0.3) is 0 Å². The summed E-state index contributed by atoms with van der Waals surface area (Å²) in [4.78, 5) is 13.3. The van der Waals surface area contributed by atoms with E-state index in [1.54, 1.807) is 17.0 Å². The standard InChI is InChI=1S/C14H15FN2O2/c15-13-4-3-11(8-12(13)2-1-5-16)9-17-6-7-19-10-14(17)18/h3-4,8H,5-7,9-10,16H2. The Morgan fingerprint density at radius 1 is 1.47 bits per heavy atom. The Morgan fingerprint density at radius 2 is 2.32 bits per heavy atom. The van der Waals surface area contributed by atoms with E-state index >= 15 is 0 Å². The molecule has 100 valence electrons. The number of benzene rings is 1. The van der Waals surface area contributed by atoms with Crippen molar-refractivity contribution in [2.24, 2.45) is 5.73 Å². The maximum absolute atomic E-state index is 13.5. The molecule has 1 saturated heterocycles.